The van der Waals surface area contributed by atoms with Crippen LogP contribution in [0.15, 0.2) is 24.3 Å². The first kappa shape index (κ1) is 14.1. The third-order valence-corrected chi connectivity index (χ3v) is 5.17. The van der Waals surface area contributed by atoms with Gasteiger partial charge in [-0.25, -0.2) is 8.42 Å². The minimum atomic E-state index is -3.40. The van der Waals surface area contributed by atoms with Crippen LogP contribution in [0.1, 0.15) is 19.8 Å². The molecule has 1 aliphatic heterocycles. The molecule has 5 nitrogen and oxygen atoms in total. The summed E-state index contributed by atoms with van der Waals surface area (Å²) in [5, 5.41) is 0. The molecule has 1 aromatic rings. The van der Waals surface area contributed by atoms with Gasteiger partial charge in [-0.15, -0.1) is 0 Å². The first-order valence-corrected chi connectivity index (χ1v) is 8.12. The number of rotatable bonds is 5. The number of hydrogen-bond donors (Lipinski definition) is 1. The SMILES string of the molecule is CCN(c1ccccc1N)S(=O)(=O)CC1CCCO1. The average molecular weight is 284 g/mol. The Bertz CT molecular complexity index is 524. The molecular weight excluding hydrogens is 264 g/mol. The molecule has 6 heteroatoms. The van der Waals surface area contributed by atoms with Crippen molar-refractivity contribution >= 4 is 21.4 Å². The lowest BCUT2D eigenvalue weighted by atomic mass is 10.3. The van der Waals surface area contributed by atoms with Crippen molar-refractivity contribution in [1.29, 1.82) is 0 Å². The average Bonchev–Trinajstić information content (AvgIpc) is 2.84. The summed E-state index contributed by atoms with van der Waals surface area (Å²) in [5.74, 6) is 0.0230. The van der Waals surface area contributed by atoms with E-state index in [0.717, 1.165) is 12.8 Å². The maximum absolute atomic E-state index is 12.5. The largest absolute Gasteiger partial charge is 0.397 e. The van der Waals surface area contributed by atoms with Crippen LogP contribution in [0, 0.1) is 0 Å². The zero-order valence-electron chi connectivity index (χ0n) is 11.1. The Balaban J connectivity index is 2.23. The zero-order chi connectivity index (χ0) is 13.9. The fourth-order valence-electron chi connectivity index (χ4n) is 2.33. The van der Waals surface area contributed by atoms with Crippen LogP contribution in [0.25, 0.3) is 0 Å². The van der Waals surface area contributed by atoms with Gasteiger partial charge < -0.3 is 10.5 Å². The number of nitrogens with zero attached hydrogens (tertiary/aromatic N) is 1. The monoisotopic (exact) mass is 284 g/mol. The van der Waals surface area contributed by atoms with Crippen molar-refractivity contribution in [3.63, 3.8) is 0 Å². The lowest BCUT2D eigenvalue weighted by Crippen LogP contribution is -2.37. The molecule has 0 bridgehead atoms. The summed E-state index contributed by atoms with van der Waals surface area (Å²) in [6, 6.07) is 7.01. The highest BCUT2D eigenvalue weighted by atomic mass is 32.2. The van der Waals surface area contributed by atoms with Gasteiger partial charge in [0.25, 0.3) is 0 Å². The van der Waals surface area contributed by atoms with Gasteiger partial charge in [0.2, 0.25) is 10.0 Å². The van der Waals surface area contributed by atoms with Crippen LogP contribution in [-0.4, -0.2) is 33.4 Å². The number of para-hydroxylation sites is 2. The number of anilines is 2. The molecule has 1 heterocycles. The van der Waals surface area contributed by atoms with Crippen LogP contribution >= 0.6 is 0 Å². The molecule has 1 aromatic carbocycles. The van der Waals surface area contributed by atoms with Crippen molar-refractivity contribution < 1.29 is 13.2 Å². The Hall–Kier alpha value is -1.27. The van der Waals surface area contributed by atoms with E-state index in [1.165, 1.54) is 4.31 Å². The van der Waals surface area contributed by atoms with E-state index < -0.39 is 10.0 Å². The van der Waals surface area contributed by atoms with Crippen molar-refractivity contribution in [2.75, 3.05) is 28.9 Å². The first-order chi connectivity index (χ1) is 9.04. The van der Waals surface area contributed by atoms with Crippen LogP contribution in [0.3, 0.4) is 0 Å². The van der Waals surface area contributed by atoms with E-state index in [0.29, 0.717) is 24.5 Å². The van der Waals surface area contributed by atoms with Gasteiger partial charge >= 0.3 is 0 Å². The molecule has 0 radical (unpaired) electrons. The highest BCUT2D eigenvalue weighted by molar-refractivity contribution is 7.92. The van der Waals surface area contributed by atoms with Crippen molar-refractivity contribution in [3.8, 4) is 0 Å². The van der Waals surface area contributed by atoms with E-state index in [1.54, 1.807) is 31.2 Å². The van der Waals surface area contributed by atoms with Gasteiger partial charge in [0.15, 0.2) is 0 Å². The van der Waals surface area contributed by atoms with Crippen molar-refractivity contribution in [2.24, 2.45) is 0 Å². The molecule has 0 saturated carbocycles. The molecule has 0 aromatic heterocycles. The summed E-state index contributed by atoms with van der Waals surface area (Å²) in [6.45, 7) is 2.82. The molecule has 0 amide bonds. The highest BCUT2D eigenvalue weighted by Gasteiger charge is 2.28. The minimum Gasteiger partial charge on any atom is -0.397 e. The molecule has 1 fully saturated rings. The van der Waals surface area contributed by atoms with Crippen LogP contribution in [-0.2, 0) is 14.8 Å². The molecule has 1 unspecified atom stereocenters. The van der Waals surface area contributed by atoms with Gasteiger partial charge in [0, 0.05) is 13.2 Å². The third kappa shape index (κ3) is 3.19. The molecule has 1 saturated heterocycles. The van der Waals surface area contributed by atoms with Gasteiger partial charge in [-0.05, 0) is 31.9 Å². The van der Waals surface area contributed by atoms with Crippen molar-refractivity contribution in [2.45, 2.75) is 25.9 Å². The minimum absolute atomic E-state index is 0.0230. The van der Waals surface area contributed by atoms with E-state index in [2.05, 4.69) is 0 Å². The number of benzene rings is 1. The van der Waals surface area contributed by atoms with Gasteiger partial charge in [-0.2, -0.15) is 0 Å². The number of nitrogens with two attached hydrogens (primary N) is 1. The molecule has 2 rings (SSSR count). The van der Waals surface area contributed by atoms with E-state index in [4.69, 9.17) is 10.5 Å². The van der Waals surface area contributed by atoms with Crippen LogP contribution in [0.4, 0.5) is 11.4 Å². The Morgan fingerprint density at radius 3 is 2.74 bits per heavy atom. The molecular formula is C13H20N2O3S. The Labute approximate surface area is 114 Å². The lowest BCUT2D eigenvalue weighted by molar-refractivity contribution is 0.127. The summed E-state index contributed by atoms with van der Waals surface area (Å²) in [4.78, 5) is 0. The molecule has 0 aliphatic carbocycles. The van der Waals surface area contributed by atoms with Gasteiger partial charge in [-0.3, -0.25) is 4.31 Å². The van der Waals surface area contributed by atoms with Crippen molar-refractivity contribution in [3.05, 3.63) is 24.3 Å². The van der Waals surface area contributed by atoms with Crippen LogP contribution in [0.5, 0.6) is 0 Å². The number of nitrogen functional groups attached to an aromatic ring is 1. The fraction of sp³-hybridized carbons (Fsp3) is 0.538. The Morgan fingerprint density at radius 2 is 2.16 bits per heavy atom. The van der Waals surface area contributed by atoms with E-state index >= 15 is 0 Å². The molecule has 19 heavy (non-hydrogen) atoms. The van der Waals surface area contributed by atoms with Crippen LogP contribution in [0.2, 0.25) is 0 Å². The van der Waals surface area contributed by atoms with Gasteiger partial charge in [0.1, 0.15) is 0 Å². The van der Waals surface area contributed by atoms with Gasteiger partial charge in [0.05, 0.1) is 23.2 Å². The molecule has 1 aliphatic rings. The Kier molecular flexibility index (Phi) is 4.31. The predicted octanol–water partition coefficient (Wildman–Crippen LogP) is 1.60. The first-order valence-electron chi connectivity index (χ1n) is 6.51. The molecule has 0 spiro atoms. The number of ether oxygens (including phenoxy) is 1. The third-order valence-electron chi connectivity index (χ3n) is 3.25. The summed E-state index contributed by atoms with van der Waals surface area (Å²) >= 11 is 0. The second kappa shape index (κ2) is 5.79. The second-order valence-corrected chi connectivity index (χ2v) is 6.58. The summed E-state index contributed by atoms with van der Waals surface area (Å²) in [5.41, 5.74) is 6.88. The van der Waals surface area contributed by atoms with E-state index in [1.807, 2.05) is 0 Å². The summed E-state index contributed by atoms with van der Waals surface area (Å²) in [7, 11) is -3.40. The number of sulfonamides is 1. The molecule has 106 valence electrons. The quantitative estimate of drug-likeness (QED) is 0.834. The van der Waals surface area contributed by atoms with E-state index in [9.17, 15) is 8.42 Å². The standard InChI is InChI=1S/C13H20N2O3S/c1-2-15(13-8-4-3-7-12(13)14)19(16,17)10-11-6-5-9-18-11/h3-4,7-8,11H,2,5-6,9-10,14H2,1H3. The van der Waals surface area contributed by atoms with Crippen molar-refractivity contribution in [1.82, 2.24) is 0 Å². The smallest absolute Gasteiger partial charge is 0.237 e. The fourth-order valence-corrected chi connectivity index (χ4v) is 4.10. The predicted molar refractivity (Wildman–Crippen MR) is 76.6 cm³/mol. The summed E-state index contributed by atoms with van der Waals surface area (Å²) < 4.78 is 31.7. The normalized spacial score (nSPS) is 19.5. The highest BCUT2D eigenvalue weighted by Crippen LogP contribution is 2.26. The maximum atomic E-state index is 12.5. The molecule has 2 N–H and O–H groups in total. The molecule has 1 atom stereocenters. The Morgan fingerprint density at radius 1 is 1.42 bits per heavy atom. The van der Waals surface area contributed by atoms with E-state index in [-0.39, 0.29) is 11.9 Å². The summed E-state index contributed by atoms with van der Waals surface area (Å²) in [6.07, 6.45) is 1.55. The maximum Gasteiger partial charge on any atom is 0.237 e. The lowest BCUT2D eigenvalue weighted by Gasteiger charge is -2.25. The topological polar surface area (TPSA) is 72.6 Å². The second-order valence-electron chi connectivity index (χ2n) is 4.64. The number of hydrogen-bond acceptors (Lipinski definition) is 4. The van der Waals surface area contributed by atoms with Crippen LogP contribution < -0.4 is 10.0 Å². The van der Waals surface area contributed by atoms with Gasteiger partial charge in [-0.1, -0.05) is 12.1 Å². The zero-order valence-corrected chi connectivity index (χ0v) is 11.9.